The third kappa shape index (κ3) is 4.67. The smallest absolute Gasteiger partial charge is 0.296 e. The number of aromatic nitrogens is 2. The van der Waals surface area contributed by atoms with Crippen molar-refractivity contribution >= 4 is 42.5 Å². The van der Waals surface area contributed by atoms with E-state index in [0.29, 0.717) is 23.9 Å². The van der Waals surface area contributed by atoms with E-state index in [-0.39, 0.29) is 20.7 Å². The van der Waals surface area contributed by atoms with Crippen LogP contribution in [0.15, 0.2) is 43.0 Å². The Morgan fingerprint density at radius 3 is 2.20 bits per heavy atom. The normalized spacial score (nSPS) is 11.9. The van der Waals surface area contributed by atoms with Crippen molar-refractivity contribution in [3.8, 4) is 23.7 Å². The lowest BCUT2D eigenvalue weighted by Crippen LogP contribution is -2.24. The number of azo groups is 1. The van der Waals surface area contributed by atoms with Crippen LogP contribution in [-0.4, -0.2) is 40.0 Å². The standard InChI is InChI=1S/C18H12N6O8S3/c1-8-11(6-19)17(25)24(13-5-10(34(27,28)29)3-4-14(13)35(30,31)32)18(26)15(8)21-22-16-12(7-20)9(2)23-33-16/h3-5,26H,1-2H3,(H,27,28,29)(H,30,31,32). The van der Waals surface area contributed by atoms with Gasteiger partial charge in [-0.05, 0) is 43.6 Å². The Morgan fingerprint density at radius 1 is 1.03 bits per heavy atom. The average Bonchev–Trinajstić information content (AvgIpc) is 3.11. The Bertz CT molecular complexity index is 1770. The predicted molar refractivity (Wildman–Crippen MR) is 119 cm³/mol. The molecule has 3 N–H and O–H groups in total. The zero-order chi connectivity index (χ0) is 26.3. The molecule has 0 saturated carbocycles. The number of rotatable bonds is 5. The molecule has 14 nitrogen and oxygen atoms in total. The van der Waals surface area contributed by atoms with E-state index in [4.69, 9.17) is 0 Å². The summed E-state index contributed by atoms with van der Waals surface area (Å²) >= 11 is 0.801. The monoisotopic (exact) mass is 536 g/mol. The number of benzene rings is 1. The largest absolute Gasteiger partial charge is 0.493 e. The molecule has 0 atom stereocenters. The van der Waals surface area contributed by atoms with Crippen LogP contribution in [0.4, 0.5) is 10.7 Å². The van der Waals surface area contributed by atoms with E-state index in [1.54, 1.807) is 13.0 Å². The van der Waals surface area contributed by atoms with Crippen molar-refractivity contribution in [1.29, 1.82) is 10.5 Å². The topological polar surface area (TPSA) is 236 Å². The van der Waals surface area contributed by atoms with Crippen molar-refractivity contribution in [3.63, 3.8) is 0 Å². The summed E-state index contributed by atoms with van der Waals surface area (Å²) in [6.07, 6.45) is 0. The minimum atomic E-state index is -5.11. The highest BCUT2D eigenvalue weighted by molar-refractivity contribution is 7.86. The summed E-state index contributed by atoms with van der Waals surface area (Å²) in [6.45, 7) is 2.78. The molecule has 2 heterocycles. The third-order valence-corrected chi connectivity index (χ3v) is 7.20. The fraction of sp³-hybridized carbons (Fsp3) is 0.111. The minimum absolute atomic E-state index is 0.0343. The molecular weight excluding hydrogens is 524 g/mol. The van der Waals surface area contributed by atoms with Gasteiger partial charge in [-0.25, -0.2) is 4.57 Å². The van der Waals surface area contributed by atoms with Gasteiger partial charge >= 0.3 is 0 Å². The molecule has 0 amide bonds. The number of pyridine rings is 1. The summed E-state index contributed by atoms with van der Waals surface area (Å²) in [4.78, 5) is 11.1. The predicted octanol–water partition coefficient (Wildman–Crippen LogP) is 2.27. The van der Waals surface area contributed by atoms with E-state index in [0.717, 1.165) is 11.5 Å². The van der Waals surface area contributed by atoms with Crippen LogP contribution in [0, 0.1) is 36.5 Å². The highest BCUT2D eigenvalue weighted by Crippen LogP contribution is 2.37. The zero-order valence-electron chi connectivity index (χ0n) is 17.5. The first-order valence-corrected chi connectivity index (χ1v) is 12.6. The molecule has 0 aliphatic heterocycles. The molecule has 180 valence electrons. The maximum absolute atomic E-state index is 13.0. The molecule has 0 spiro atoms. The van der Waals surface area contributed by atoms with Gasteiger partial charge < -0.3 is 5.11 Å². The van der Waals surface area contributed by atoms with Gasteiger partial charge in [0.25, 0.3) is 25.8 Å². The molecule has 0 bridgehead atoms. The van der Waals surface area contributed by atoms with Gasteiger partial charge in [0.15, 0.2) is 10.7 Å². The van der Waals surface area contributed by atoms with E-state index >= 15 is 0 Å². The summed E-state index contributed by atoms with van der Waals surface area (Å²) in [5.74, 6) is -1.08. The number of nitrogens with zero attached hydrogens (tertiary/aromatic N) is 6. The molecule has 3 rings (SSSR count). The van der Waals surface area contributed by atoms with Crippen molar-refractivity contribution < 1.29 is 31.0 Å². The number of hydrogen-bond acceptors (Lipinski definition) is 12. The van der Waals surface area contributed by atoms with Crippen molar-refractivity contribution in [2.45, 2.75) is 23.6 Å². The first-order chi connectivity index (χ1) is 16.2. The third-order valence-electron chi connectivity index (χ3n) is 4.63. The summed E-state index contributed by atoms with van der Waals surface area (Å²) in [5, 5.41) is 37.2. The van der Waals surface area contributed by atoms with Crippen molar-refractivity contribution in [2.24, 2.45) is 10.2 Å². The molecule has 17 heteroatoms. The van der Waals surface area contributed by atoms with Crippen LogP contribution in [0.25, 0.3) is 5.69 Å². The summed E-state index contributed by atoms with van der Waals surface area (Å²) in [7, 11) is -10.0. The summed E-state index contributed by atoms with van der Waals surface area (Å²) < 4.78 is 70.1. The first-order valence-electron chi connectivity index (χ1n) is 8.98. The van der Waals surface area contributed by atoms with Crippen LogP contribution in [0.5, 0.6) is 5.88 Å². The Morgan fingerprint density at radius 2 is 1.66 bits per heavy atom. The molecule has 0 saturated heterocycles. The summed E-state index contributed by atoms with van der Waals surface area (Å²) in [5.41, 5.74) is -3.05. The molecule has 0 fully saturated rings. The van der Waals surface area contributed by atoms with Crippen LogP contribution in [-0.2, 0) is 20.2 Å². The van der Waals surface area contributed by atoms with Crippen molar-refractivity contribution in [1.82, 2.24) is 8.94 Å². The molecule has 0 unspecified atom stereocenters. The Balaban J connectivity index is 2.45. The maximum atomic E-state index is 13.0. The van der Waals surface area contributed by atoms with Crippen LogP contribution in [0.1, 0.15) is 22.4 Å². The van der Waals surface area contributed by atoms with Gasteiger partial charge in [0.05, 0.1) is 16.3 Å². The van der Waals surface area contributed by atoms with Gasteiger partial charge in [0.2, 0.25) is 5.88 Å². The first kappa shape index (κ1) is 25.6. The van der Waals surface area contributed by atoms with E-state index in [2.05, 4.69) is 14.6 Å². The molecule has 0 aliphatic rings. The van der Waals surface area contributed by atoms with E-state index in [1.165, 1.54) is 6.92 Å². The lowest BCUT2D eigenvalue weighted by atomic mass is 10.1. The van der Waals surface area contributed by atoms with E-state index < -0.39 is 58.4 Å². The highest BCUT2D eigenvalue weighted by Gasteiger charge is 2.27. The number of aryl methyl sites for hydroxylation is 1. The zero-order valence-corrected chi connectivity index (χ0v) is 20.0. The SMILES string of the molecule is Cc1nsc(N=Nc2c(C)c(C#N)c(=O)n(-c3cc(S(=O)(=O)O)ccc3S(=O)(=O)O)c2O)c1C#N. The number of aromatic hydroxyl groups is 1. The Labute approximate surface area is 201 Å². The van der Waals surface area contributed by atoms with Crippen LogP contribution in [0.2, 0.25) is 0 Å². The van der Waals surface area contributed by atoms with Gasteiger partial charge in [-0.2, -0.15) is 31.7 Å². The van der Waals surface area contributed by atoms with E-state index in [1.807, 2.05) is 6.07 Å². The molecule has 1 aromatic carbocycles. The average molecular weight is 537 g/mol. The minimum Gasteiger partial charge on any atom is -0.493 e. The van der Waals surface area contributed by atoms with Gasteiger partial charge in [0.1, 0.15) is 28.2 Å². The van der Waals surface area contributed by atoms with Gasteiger partial charge in [0, 0.05) is 5.56 Å². The van der Waals surface area contributed by atoms with Crippen LogP contribution >= 0.6 is 11.5 Å². The van der Waals surface area contributed by atoms with Gasteiger partial charge in [-0.15, -0.1) is 10.2 Å². The van der Waals surface area contributed by atoms with Gasteiger partial charge in [-0.3, -0.25) is 13.9 Å². The van der Waals surface area contributed by atoms with Crippen molar-refractivity contribution in [2.75, 3.05) is 0 Å². The second-order valence-corrected chi connectivity index (χ2v) is 10.3. The lowest BCUT2D eigenvalue weighted by molar-refractivity contribution is 0.434. The Hall–Kier alpha value is -4.00. The highest BCUT2D eigenvalue weighted by atomic mass is 32.2. The fourth-order valence-corrected chi connectivity index (χ4v) is 4.77. The molecular formula is C18H12N6O8S3. The van der Waals surface area contributed by atoms with Crippen LogP contribution < -0.4 is 5.56 Å². The molecule has 2 aromatic heterocycles. The molecule has 0 aliphatic carbocycles. The lowest BCUT2D eigenvalue weighted by Gasteiger charge is -2.16. The second kappa shape index (κ2) is 8.98. The summed E-state index contributed by atoms with van der Waals surface area (Å²) in [6, 6.07) is 5.16. The number of hydrogen-bond donors (Lipinski definition) is 3. The second-order valence-electron chi connectivity index (χ2n) is 6.76. The van der Waals surface area contributed by atoms with E-state index in [9.17, 15) is 46.4 Å². The molecule has 35 heavy (non-hydrogen) atoms. The van der Waals surface area contributed by atoms with Gasteiger partial charge in [-0.1, -0.05) is 0 Å². The fourth-order valence-electron chi connectivity index (χ4n) is 2.94. The van der Waals surface area contributed by atoms with Crippen molar-refractivity contribution in [3.05, 3.63) is 50.9 Å². The Kier molecular flexibility index (Phi) is 6.57. The molecule has 3 aromatic rings. The quantitative estimate of drug-likeness (QED) is 0.316. The molecule has 0 radical (unpaired) electrons. The number of nitriles is 2. The van der Waals surface area contributed by atoms with Crippen LogP contribution in [0.3, 0.4) is 0 Å². The maximum Gasteiger partial charge on any atom is 0.296 e.